The van der Waals surface area contributed by atoms with Gasteiger partial charge in [-0.2, -0.15) is 0 Å². The van der Waals surface area contributed by atoms with E-state index in [0.717, 1.165) is 22.0 Å². The number of aromatic nitrogens is 1. The first-order valence-corrected chi connectivity index (χ1v) is 8.45. The summed E-state index contributed by atoms with van der Waals surface area (Å²) in [5, 5.41) is 6.81. The molecule has 2 aromatic carbocycles. The number of fused-ring (bicyclic) bond motifs is 2. The maximum Gasteiger partial charge on any atom is 0.262 e. The Hall–Kier alpha value is -3.28. The van der Waals surface area contributed by atoms with Gasteiger partial charge in [-0.25, -0.2) is 0 Å². The lowest BCUT2D eigenvalue weighted by atomic mass is 10.1. The molecule has 0 bridgehead atoms. The lowest BCUT2D eigenvalue weighted by Gasteiger charge is -2.18. The smallest absolute Gasteiger partial charge is 0.262 e. The molecule has 0 saturated heterocycles. The molecule has 3 aromatic rings. The maximum absolute atomic E-state index is 12.4. The van der Waals surface area contributed by atoms with Crippen LogP contribution in [0.1, 0.15) is 11.1 Å². The van der Waals surface area contributed by atoms with E-state index < -0.39 is 0 Å². The number of nitrogens with zero attached hydrogens (tertiary/aromatic N) is 1. The van der Waals surface area contributed by atoms with Gasteiger partial charge in [0, 0.05) is 30.7 Å². The van der Waals surface area contributed by atoms with Crippen LogP contribution in [0.3, 0.4) is 0 Å². The third-order valence-corrected chi connectivity index (χ3v) is 4.50. The number of para-hydroxylation sites is 1. The number of hydrogen-bond donors (Lipinski definition) is 2. The molecule has 2 heterocycles. The molecule has 132 valence electrons. The second kappa shape index (κ2) is 6.55. The lowest BCUT2D eigenvalue weighted by Crippen LogP contribution is -2.26. The predicted molar refractivity (Wildman–Crippen MR) is 99.0 cm³/mol. The fraction of sp³-hybridized carbons (Fsp3) is 0.200. The van der Waals surface area contributed by atoms with Crippen LogP contribution in [0.2, 0.25) is 0 Å². The summed E-state index contributed by atoms with van der Waals surface area (Å²) in [6.07, 6.45) is 2.32. The van der Waals surface area contributed by atoms with Gasteiger partial charge < -0.3 is 19.9 Å². The number of ether oxygens (including phenoxy) is 1. The van der Waals surface area contributed by atoms with Crippen LogP contribution in [-0.2, 0) is 29.6 Å². The quantitative estimate of drug-likeness (QED) is 0.760. The van der Waals surface area contributed by atoms with E-state index in [1.165, 1.54) is 0 Å². The van der Waals surface area contributed by atoms with Gasteiger partial charge in [0.05, 0.1) is 12.1 Å². The molecule has 0 atom stereocenters. The highest BCUT2D eigenvalue weighted by atomic mass is 16.5. The van der Waals surface area contributed by atoms with Crippen LogP contribution < -0.4 is 15.4 Å². The molecule has 0 aliphatic carbocycles. The Kier molecular flexibility index (Phi) is 4.08. The van der Waals surface area contributed by atoms with Gasteiger partial charge in [0.1, 0.15) is 5.75 Å². The van der Waals surface area contributed by atoms with E-state index in [-0.39, 0.29) is 18.4 Å². The number of nitrogens with one attached hydrogen (secondary N) is 2. The highest BCUT2D eigenvalue weighted by molar-refractivity contribution is 5.95. The zero-order valence-electron chi connectivity index (χ0n) is 14.4. The topological polar surface area (TPSA) is 72.4 Å². The summed E-state index contributed by atoms with van der Waals surface area (Å²) in [6, 6.07) is 13.6. The first kappa shape index (κ1) is 16.2. The van der Waals surface area contributed by atoms with Crippen molar-refractivity contribution < 1.29 is 14.3 Å². The van der Waals surface area contributed by atoms with Crippen LogP contribution in [0.5, 0.6) is 5.75 Å². The number of amides is 2. The van der Waals surface area contributed by atoms with Gasteiger partial charge in [0.25, 0.3) is 5.91 Å². The molecule has 1 aliphatic rings. The zero-order valence-corrected chi connectivity index (χ0v) is 14.4. The van der Waals surface area contributed by atoms with Gasteiger partial charge >= 0.3 is 0 Å². The van der Waals surface area contributed by atoms with Crippen molar-refractivity contribution >= 4 is 28.4 Å². The van der Waals surface area contributed by atoms with Crippen molar-refractivity contribution in [3.63, 3.8) is 0 Å². The summed E-state index contributed by atoms with van der Waals surface area (Å²) in [4.78, 5) is 23.8. The van der Waals surface area contributed by atoms with E-state index in [4.69, 9.17) is 4.74 Å². The summed E-state index contributed by atoms with van der Waals surface area (Å²) in [5.41, 5.74) is 3.66. The number of rotatable bonds is 4. The van der Waals surface area contributed by atoms with E-state index >= 15 is 0 Å². The SMILES string of the molecule is Cn1cc(CC(=O)NCc2ccc3c(c2)NC(=O)CO3)c2ccccc21. The predicted octanol–water partition coefficient (Wildman–Crippen LogP) is 2.37. The third kappa shape index (κ3) is 3.13. The van der Waals surface area contributed by atoms with Crippen LogP contribution in [0.15, 0.2) is 48.7 Å². The van der Waals surface area contributed by atoms with Crippen molar-refractivity contribution in [3.8, 4) is 5.75 Å². The number of anilines is 1. The Morgan fingerprint density at radius 3 is 3.00 bits per heavy atom. The van der Waals surface area contributed by atoms with E-state index in [1.54, 1.807) is 6.07 Å². The highest BCUT2D eigenvalue weighted by Gasteiger charge is 2.16. The van der Waals surface area contributed by atoms with E-state index in [0.29, 0.717) is 24.4 Å². The summed E-state index contributed by atoms with van der Waals surface area (Å²) in [5.74, 6) is 0.435. The molecule has 0 saturated carbocycles. The number of carbonyl (C=O) groups is 2. The van der Waals surface area contributed by atoms with Gasteiger partial charge in [-0.3, -0.25) is 9.59 Å². The molecule has 2 N–H and O–H groups in total. The standard InChI is InChI=1S/C20H19N3O3/c1-23-11-14(15-4-2-3-5-17(15)23)9-19(24)21-10-13-6-7-18-16(8-13)22-20(25)12-26-18/h2-8,11H,9-10,12H2,1H3,(H,21,24)(H,22,25). The van der Waals surface area contributed by atoms with Crippen LogP contribution in [0, 0.1) is 0 Å². The second-order valence-electron chi connectivity index (χ2n) is 6.40. The minimum atomic E-state index is -0.172. The number of benzene rings is 2. The fourth-order valence-electron chi connectivity index (χ4n) is 3.24. The fourth-order valence-corrected chi connectivity index (χ4v) is 3.24. The van der Waals surface area contributed by atoms with Crippen molar-refractivity contribution in [1.29, 1.82) is 0 Å². The zero-order chi connectivity index (χ0) is 18.1. The van der Waals surface area contributed by atoms with Gasteiger partial charge in [-0.15, -0.1) is 0 Å². The molecular weight excluding hydrogens is 330 g/mol. The summed E-state index contributed by atoms with van der Waals surface area (Å²) >= 11 is 0. The molecule has 0 spiro atoms. The van der Waals surface area contributed by atoms with Crippen LogP contribution in [0.4, 0.5) is 5.69 Å². The average Bonchev–Trinajstić information content (AvgIpc) is 2.95. The molecule has 6 heteroatoms. The molecule has 0 fully saturated rings. The first-order chi connectivity index (χ1) is 12.6. The van der Waals surface area contributed by atoms with Crippen molar-refractivity contribution in [1.82, 2.24) is 9.88 Å². The summed E-state index contributed by atoms with van der Waals surface area (Å²) in [7, 11) is 1.98. The van der Waals surface area contributed by atoms with Crippen molar-refractivity contribution in [2.24, 2.45) is 7.05 Å². The van der Waals surface area contributed by atoms with Crippen molar-refractivity contribution in [3.05, 3.63) is 59.8 Å². The minimum absolute atomic E-state index is 0.0358. The van der Waals surface area contributed by atoms with Crippen molar-refractivity contribution in [2.75, 3.05) is 11.9 Å². The Bertz CT molecular complexity index is 1010. The van der Waals surface area contributed by atoms with E-state index in [2.05, 4.69) is 10.6 Å². The number of hydrogen-bond acceptors (Lipinski definition) is 3. The maximum atomic E-state index is 12.4. The molecule has 26 heavy (non-hydrogen) atoms. The average molecular weight is 349 g/mol. The Balaban J connectivity index is 1.43. The molecule has 0 unspecified atom stereocenters. The number of carbonyl (C=O) groups excluding carboxylic acids is 2. The van der Waals surface area contributed by atoms with Crippen LogP contribution >= 0.6 is 0 Å². The van der Waals surface area contributed by atoms with Gasteiger partial charge in [0.2, 0.25) is 5.91 Å². The monoisotopic (exact) mass is 349 g/mol. The molecule has 2 amide bonds. The van der Waals surface area contributed by atoms with E-state index in [9.17, 15) is 9.59 Å². The molecule has 4 rings (SSSR count). The Morgan fingerprint density at radius 1 is 1.27 bits per heavy atom. The van der Waals surface area contributed by atoms with E-state index in [1.807, 2.05) is 54.2 Å². The van der Waals surface area contributed by atoms with Gasteiger partial charge in [-0.05, 0) is 29.3 Å². The Labute approximate surface area is 150 Å². The summed E-state index contributed by atoms with van der Waals surface area (Å²) < 4.78 is 7.37. The van der Waals surface area contributed by atoms with Gasteiger partial charge in [-0.1, -0.05) is 24.3 Å². The molecule has 0 radical (unpaired) electrons. The summed E-state index contributed by atoms with van der Waals surface area (Å²) in [6.45, 7) is 0.431. The lowest BCUT2D eigenvalue weighted by molar-refractivity contribution is -0.120. The minimum Gasteiger partial charge on any atom is -0.482 e. The van der Waals surface area contributed by atoms with Gasteiger partial charge in [0.15, 0.2) is 6.61 Å². The Morgan fingerprint density at radius 2 is 2.12 bits per heavy atom. The second-order valence-corrected chi connectivity index (χ2v) is 6.40. The third-order valence-electron chi connectivity index (χ3n) is 4.50. The normalized spacial score (nSPS) is 13.0. The molecule has 1 aliphatic heterocycles. The first-order valence-electron chi connectivity index (χ1n) is 8.45. The van der Waals surface area contributed by atoms with Crippen molar-refractivity contribution in [2.45, 2.75) is 13.0 Å². The highest BCUT2D eigenvalue weighted by Crippen LogP contribution is 2.28. The van der Waals surface area contributed by atoms with Crippen LogP contribution in [0.25, 0.3) is 10.9 Å². The number of aryl methyl sites for hydroxylation is 1. The molecule has 1 aromatic heterocycles. The molecule has 6 nitrogen and oxygen atoms in total. The van der Waals surface area contributed by atoms with Crippen LogP contribution in [-0.4, -0.2) is 23.0 Å². The molecular formula is C20H19N3O3. The largest absolute Gasteiger partial charge is 0.482 e.